The van der Waals surface area contributed by atoms with Crippen molar-refractivity contribution < 1.29 is 19.1 Å². The van der Waals surface area contributed by atoms with Crippen molar-refractivity contribution in [3.05, 3.63) is 0 Å². The Morgan fingerprint density at radius 3 is 2.35 bits per heavy atom. The Hall–Kier alpha value is -0.810. The predicted molar refractivity (Wildman–Crippen MR) is 76.7 cm³/mol. The van der Waals surface area contributed by atoms with E-state index in [9.17, 15) is 9.59 Å². The van der Waals surface area contributed by atoms with Gasteiger partial charge in [-0.05, 0) is 40.5 Å². The van der Waals surface area contributed by atoms with E-state index in [-0.39, 0.29) is 18.4 Å². The second-order valence-corrected chi connectivity index (χ2v) is 6.88. The molecule has 1 amide bonds. The standard InChI is InChI=1S/C14H24ClNO4/c1-10(15)11(17)16-9-14(5-7-19-8-6-14)12(18)20-13(2,3)4/h10H,5-9H2,1-4H3,(H,16,17). The fourth-order valence-corrected chi connectivity index (χ4v) is 2.08. The van der Waals surface area contributed by atoms with E-state index in [1.807, 2.05) is 20.8 Å². The number of alkyl halides is 1. The van der Waals surface area contributed by atoms with Crippen molar-refractivity contribution in [2.45, 2.75) is 51.5 Å². The lowest BCUT2D eigenvalue weighted by atomic mass is 9.80. The highest BCUT2D eigenvalue weighted by Gasteiger charge is 2.43. The summed E-state index contributed by atoms with van der Waals surface area (Å²) in [5.41, 5.74) is -1.26. The van der Waals surface area contributed by atoms with Gasteiger partial charge in [0.1, 0.15) is 11.0 Å². The zero-order valence-electron chi connectivity index (χ0n) is 12.6. The normalized spacial score (nSPS) is 20.1. The lowest BCUT2D eigenvalue weighted by Gasteiger charge is -2.37. The van der Waals surface area contributed by atoms with Crippen LogP contribution in [-0.2, 0) is 19.1 Å². The molecule has 0 saturated carbocycles. The average molecular weight is 306 g/mol. The maximum atomic E-state index is 12.5. The third-order valence-corrected chi connectivity index (χ3v) is 3.44. The summed E-state index contributed by atoms with van der Waals surface area (Å²) in [5, 5.41) is 2.11. The minimum Gasteiger partial charge on any atom is -0.459 e. The van der Waals surface area contributed by atoms with E-state index >= 15 is 0 Å². The fourth-order valence-electron chi connectivity index (χ4n) is 2.00. The molecule has 1 fully saturated rings. The topological polar surface area (TPSA) is 64.6 Å². The first-order valence-electron chi connectivity index (χ1n) is 6.89. The molecule has 1 atom stereocenters. The van der Waals surface area contributed by atoms with E-state index in [0.29, 0.717) is 26.1 Å². The highest BCUT2D eigenvalue weighted by molar-refractivity contribution is 6.30. The van der Waals surface area contributed by atoms with Gasteiger partial charge in [0.2, 0.25) is 5.91 Å². The minimum atomic E-state index is -0.715. The van der Waals surface area contributed by atoms with Gasteiger partial charge in [-0.2, -0.15) is 0 Å². The molecule has 116 valence electrons. The number of carbonyl (C=O) groups is 2. The molecular formula is C14H24ClNO4. The van der Waals surface area contributed by atoms with Crippen LogP contribution in [-0.4, -0.2) is 42.6 Å². The number of rotatable bonds is 4. The first-order valence-corrected chi connectivity index (χ1v) is 7.33. The number of esters is 1. The Kier molecular flexibility index (Phi) is 5.83. The lowest BCUT2D eigenvalue weighted by Crippen LogP contribution is -2.49. The van der Waals surface area contributed by atoms with Crippen molar-refractivity contribution in [2.24, 2.45) is 5.41 Å². The average Bonchev–Trinajstić information content (AvgIpc) is 2.34. The SMILES string of the molecule is CC(Cl)C(=O)NCC1(C(=O)OC(C)(C)C)CCOCC1. The van der Waals surface area contributed by atoms with Crippen LogP contribution in [0, 0.1) is 5.41 Å². The summed E-state index contributed by atoms with van der Waals surface area (Å²) < 4.78 is 10.8. The van der Waals surface area contributed by atoms with E-state index in [2.05, 4.69) is 5.32 Å². The monoisotopic (exact) mass is 305 g/mol. The van der Waals surface area contributed by atoms with Crippen molar-refractivity contribution in [1.29, 1.82) is 0 Å². The smallest absolute Gasteiger partial charge is 0.314 e. The second kappa shape index (κ2) is 6.76. The van der Waals surface area contributed by atoms with Gasteiger partial charge in [-0.3, -0.25) is 9.59 Å². The summed E-state index contributed by atoms with van der Waals surface area (Å²) >= 11 is 5.72. The Morgan fingerprint density at radius 1 is 1.35 bits per heavy atom. The first kappa shape index (κ1) is 17.2. The summed E-state index contributed by atoms with van der Waals surface area (Å²) in [6, 6.07) is 0. The predicted octanol–water partition coefficient (Wildman–Crippen LogP) is 1.87. The molecule has 0 aromatic carbocycles. The highest BCUT2D eigenvalue weighted by atomic mass is 35.5. The molecule has 1 heterocycles. The van der Waals surface area contributed by atoms with E-state index in [4.69, 9.17) is 21.1 Å². The molecule has 0 bridgehead atoms. The van der Waals surface area contributed by atoms with Crippen LogP contribution in [0.15, 0.2) is 0 Å². The van der Waals surface area contributed by atoms with Crippen molar-refractivity contribution >= 4 is 23.5 Å². The summed E-state index contributed by atoms with van der Waals surface area (Å²) in [5.74, 6) is -0.558. The molecule has 0 aliphatic carbocycles. The molecule has 0 aromatic heterocycles. The Labute approximate surface area is 125 Å². The number of hydrogen-bond acceptors (Lipinski definition) is 4. The van der Waals surface area contributed by atoms with E-state index < -0.39 is 16.4 Å². The summed E-state index contributed by atoms with van der Waals surface area (Å²) in [7, 11) is 0. The molecular weight excluding hydrogens is 282 g/mol. The van der Waals surface area contributed by atoms with Crippen LogP contribution in [0.1, 0.15) is 40.5 Å². The Morgan fingerprint density at radius 2 is 1.90 bits per heavy atom. The van der Waals surface area contributed by atoms with E-state index in [1.165, 1.54) is 0 Å². The zero-order valence-corrected chi connectivity index (χ0v) is 13.4. The van der Waals surface area contributed by atoms with Gasteiger partial charge < -0.3 is 14.8 Å². The Bertz CT molecular complexity index is 357. The first-order chi connectivity index (χ1) is 9.16. The van der Waals surface area contributed by atoms with Gasteiger partial charge in [-0.1, -0.05) is 0 Å². The number of halogens is 1. The largest absolute Gasteiger partial charge is 0.459 e. The highest BCUT2D eigenvalue weighted by Crippen LogP contribution is 2.33. The van der Waals surface area contributed by atoms with Crippen LogP contribution in [0.25, 0.3) is 0 Å². The van der Waals surface area contributed by atoms with Crippen LogP contribution < -0.4 is 5.32 Å². The van der Waals surface area contributed by atoms with Gasteiger partial charge in [-0.15, -0.1) is 11.6 Å². The molecule has 6 heteroatoms. The second-order valence-electron chi connectivity index (χ2n) is 6.23. The molecule has 1 aliphatic heterocycles. The third-order valence-electron chi connectivity index (χ3n) is 3.24. The molecule has 0 spiro atoms. The number of carbonyl (C=O) groups excluding carboxylic acids is 2. The van der Waals surface area contributed by atoms with E-state index in [0.717, 1.165) is 0 Å². The van der Waals surface area contributed by atoms with Gasteiger partial charge in [0.25, 0.3) is 0 Å². The van der Waals surface area contributed by atoms with Crippen molar-refractivity contribution in [3.8, 4) is 0 Å². The minimum absolute atomic E-state index is 0.237. The van der Waals surface area contributed by atoms with Crippen LogP contribution in [0.3, 0.4) is 0 Å². The number of amides is 1. The maximum Gasteiger partial charge on any atom is 0.314 e. The van der Waals surface area contributed by atoms with Crippen LogP contribution in [0.2, 0.25) is 0 Å². The molecule has 1 saturated heterocycles. The Balaban J connectivity index is 2.76. The van der Waals surface area contributed by atoms with Crippen LogP contribution >= 0.6 is 11.6 Å². The van der Waals surface area contributed by atoms with Gasteiger partial charge in [0, 0.05) is 19.8 Å². The fraction of sp³-hybridized carbons (Fsp3) is 0.857. The molecule has 5 nitrogen and oxygen atoms in total. The van der Waals surface area contributed by atoms with Gasteiger partial charge in [-0.25, -0.2) is 0 Å². The molecule has 0 aromatic rings. The van der Waals surface area contributed by atoms with Gasteiger partial charge in [0.05, 0.1) is 5.41 Å². The van der Waals surface area contributed by atoms with Crippen LogP contribution in [0.4, 0.5) is 0 Å². The summed E-state index contributed by atoms with van der Waals surface area (Å²) in [6.07, 6.45) is 1.08. The zero-order chi connectivity index (χ0) is 15.4. The molecule has 1 rings (SSSR count). The maximum absolute atomic E-state index is 12.5. The van der Waals surface area contributed by atoms with Gasteiger partial charge in [0.15, 0.2) is 0 Å². The molecule has 20 heavy (non-hydrogen) atoms. The van der Waals surface area contributed by atoms with Gasteiger partial charge >= 0.3 is 5.97 Å². The van der Waals surface area contributed by atoms with Crippen molar-refractivity contribution in [3.63, 3.8) is 0 Å². The quantitative estimate of drug-likeness (QED) is 0.636. The summed E-state index contributed by atoms with van der Waals surface area (Å²) in [6.45, 7) is 8.31. The van der Waals surface area contributed by atoms with E-state index in [1.54, 1.807) is 6.92 Å². The number of nitrogens with one attached hydrogen (secondary N) is 1. The van der Waals surface area contributed by atoms with Crippen molar-refractivity contribution in [2.75, 3.05) is 19.8 Å². The molecule has 1 aliphatic rings. The molecule has 1 unspecified atom stereocenters. The summed E-state index contributed by atoms with van der Waals surface area (Å²) in [4.78, 5) is 24.1. The number of ether oxygens (including phenoxy) is 2. The lowest BCUT2D eigenvalue weighted by molar-refractivity contribution is -0.173. The third kappa shape index (κ3) is 4.94. The van der Waals surface area contributed by atoms with Crippen molar-refractivity contribution in [1.82, 2.24) is 5.32 Å². The molecule has 0 radical (unpaired) electrons. The number of hydrogen-bond donors (Lipinski definition) is 1. The molecule has 1 N–H and O–H groups in total. The van der Waals surface area contributed by atoms with Crippen LogP contribution in [0.5, 0.6) is 0 Å².